The summed E-state index contributed by atoms with van der Waals surface area (Å²) >= 11 is 0. The standard InChI is InChI=1S/C44H50N2O4/c1-3-4-5-9-27-49-41-22-19-36-30-38(18-17-37(36)31-41)44(47)45-43(29-34-11-10-14-42(28-34)50-40-12-7-6-8-13-40)35-23-25-46(26-24-35)32-33-15-20-39(48-2)21-16-33/h6-8,10-22,28,30-31,35,43H,3-5,9,23-27,29,32H2,1-2H3,(H,45,47). The predicted molar refractivity (Wildman–Crippen MR) is 202 cm³/mol. The Morgan fingerprint density at radius 3 is 2.26 bits per heavy atom. The summed E-state index contributed by atoms with van der Waals surface area (Å²) in [5.41, 5.74) is 3.10. The van der Waals surface area contributed by atoms with Crippen LogP contribution in [-0.4, -0.2) is 43.7 Å². The third kappa shape index (κ3) is 9.88. The van der Waals surface area contributed by atoms with E-state index >= 15 is 0 Å². The molecule has 0 saturated carbocycles. The van der Waals surface area contributed by atoms with Gasteiger partial charge >= 0.3 is 0 Å². The third-order valence-corrected chi connectivity index (χ3v) is 9.76. The average molecular weight is 671 g/mol. The predicted octanol–water partition coefficient (Wildman–Crippen LogP) is 9.85. The molecule has 1 aliphatic heterocycles. The highest BCUT2D eigenvalue weighted by Crippen LogP contribution is 2.28. The van der Waals surface area contributed by atoms with Crippen LogP contribution in [0.4, 0.5) is 0 Å². The zero-order valence-electron chi connectivity index (χ0n) is 29.5. The van der Waals surface area contributed by atoms with Crippen LogP contribution in [0.3, 0.4) is 0 Å². The van der Waals surface area contributed by atoms with Crippen LogP contribution in [-0.2, 0) is 13.0 Å². The SMILES string of the molecule is CCCCCCOc1ccc2cc(C(=O)NC(Cc3cccc(Oc4ccccc4)c3)C3CCN(Cc4ccc(OC)cc4)CC3)ccc2c1. The van der Waals surface area contributed by atoms with Crippen molar-refractivity contribution in [3.8, 4) is 23.0 Å². The summed E-state index contributed by atoms with van der Waals surface area (Å²) in [5.74, 6) is 3.67. The number of unbranched alkanes of at least 4 members (excludes halogenated alkanes) is 3. The van der Waals surface area contributed by atoms with Crippen molar-refractivity contribution in [2.45, 2.75) is 64.5 Å². The van der Waals surface area contributed by atoms with E-state index in [1.807, 2.05) is 78.9 Å². The van der Waals surface area contributed by atoms with Crippen LogP contribution in [0, 0.1) is 5.92 Å². The molecule has 0 aromatic heterocycles. The molecule has 6 rings (SSSR count). The molecule has 1 unspecified atom stereocenters. The fourth-order valence-electron chi connectivity index (χ4n) is 6.88. The van der Waals surface area contributed by atoms with Crippen LogP contribution in [0.25, 0.3) is 10.8 Å². The van der Waals surface area contributed by atoms with E-state index in [1.54, 1.807) is 7.11 Å². The molecule has 1 fully saturated rings. The molecule has 0 radical (unpaired) electrons. The lowest BCUT2D eigenvalue weighted by Gasteiger charge is -2.36. The number of rotatable bonds is 16. The average Bonchev–Trinajstić information content (AvgIpc) is 3.15. The smallest absolute Gasteiger partial charge is 0.251 e. The van der Waals surface area contributed by atoms with Gasteiger partial charge in [0.25, 0.3) is 5.91 Å². The minimum absolute atomic E-state index is 0.0169. The molecule has 1 amide bonds. The molecular weight excluding hydrogens is 620 g/mol. The summed E-state index contributed by atoms with van der Waals surface area (Å²) in [5, 5.41) is 5.59. The molecule has 5 aromatic rings. The van der Waals surface area contributed by atoms with E-state index in [9.17, 15) is 4.79 Å². The molecule has 6 nitrogen and oxygen atoms in total. The van der Waals surface area contributed by atoms with Crippen LogP contribution in [0.2, 0.25) is 0 Å². The van der Waals surface area contributed by atoms with Crippen molar-refractivity contribution >= 4 is 16.7 Å². The largest absolute Gasteiger partial charge is 0.497 e. The van der Waals surface area contributed by atoms with Crippen LogP contribution >= 0.6 is 0 Å². The van der Waals surface area contributed by atoms with Gasteiger partial charge in [0.15, 0.2) is 0 Å². The highest BCUT2D eigenvalue weighted by atomic mass is 16.5. The van der Waals surface area contributed by atoms with Crippen LogP contribution < -0.4 is 19.5 Å². The van der Waals surface area contributed by atoms with E-state index in [1.165, 1.54) is 24.8 Å². The first-order valence-corrected chi connectivity index (χ1v) is 18.2. The molecule has 1 atom stereocenters. The number of fused-ring (bicyclic) bond motifs is 1. The molecule has 0 spiro atoms. The van der Waals surface area contributed by atoms with Crippen molar-refractivity contribution in [1.29, 1.82) is 0 Å². The third-order valence-electron chi connectivity index (χ3n) is 9.76. The number of carbonyl (C=O) groups excluding carboxylic acids is 1. The summed E-state index contributed by atoms with van der Waals surface area (Å²) in [7, 11) is 1.70. The molecule has 1 aliphatic rings. The van der Waals surface area contributed by atoms with Gasteiger partial charge in [-0.1, -0.05) is 80.8 Å². The number of nitrogens with zero attached hydrogens (tertiary/aromatic N) is 1. The number of benzene rings is 5. The second-order valence-corrected chi connectivity index (χ2v) is 13.4. The lowest BCUT2D eigenvalue weighted by molar-refractivity contribution is 0.0891. The normalized spacial score (nSPS) is 14.3. The summed E-state index contributed by atoms with van der Waals surface area (Å²) in [4.78, 5) is 16.4. The lowest BCUT2D eigenvalue weighted by atomic mass is 9.85. The summed E-state index contributed by atoms with van der Waals surface area (Å²) in [6.45, 7) is 5.83. The van der Waals surface area contributed by atoms with Gasteiger partial charge in [-0.3, -0.25) is 9.69 Å². The Labute approximate surface area is 297 Å². The van der Waals surface area contributed by atoms with Crippen molar-refractivity contribution in [3.63, 3.8) is 0 Å². The van der Waals surface area contributed by atoms with E-state index in [0.29, 0.717) is 11.5 Å². The van der Waals surface area contributed by atoms with Gasteiger partial charge in [0, 0.05) is 18.2 Å². The maximum atomic E-state index is 13.9. The maximum absolute atomic E-state index is 13.9. The van der Waals surface area contributed by atoms with Gasteiger partial charge in [-0.25, -0.2) is 0 Å². The zero-order valence-corrected chi connectivity index (χ0v) is 29.5. The summed E-state index contributed by atoms with van der Waals surface area (Å²) < 4.78 is 17.5. The van der Waals surface area contributed by atoms with Gasteiger partial charge in [0.1, 0.15) is 23.0 Å². The number of hydrogen-bond donors (Lipinski definition) is 1. The number of likely N-dealkylation sites (tertiary alicyclic amines) is 1. The Morgan fingerprint density at radius 1 is 0.740 bits per heavy atom. The number of piperidine rings is 1. The minimum Gasteiger partial charge on any atom is -0.497 e. The molecule has 1 N–H and O–H groups in total. The number of amides is 1. The van der Waals surface area contributed by atoms with Gasteiger partial charge in [-0.05, 0) is 127 Å². The number of nitrogens with one attached hydrogen (secondary N) is 1. The Balaban J connectivity index is 1.14. The van der Waals surface area contributed by atoms with E-state index < -0.39 is 0 Å². The lowest BCUT2D eigenvalue weighted by Crippen LogP contribution is -2.46. The highest BCUT2D eigenvalue weighted by Gasteiger charge is 2.28. The second-order valence-electron chi connectivity index (χ2n) is 13.4. The van der Waals surface area contributed by atoms with E-state index in [-0.39, 0.29) is 11.9 Å². The fourth-order valence-corrected chi connectivity index (χ4v) is 6.88. The molecular formula is C44H50N2O4. The number of hydrogen-bond acceptors (Lipinski definition) is 5. The molecule has 5 aromatic carbocycles. The van der Waals surface area contributed by atoms with E-state index in [0.717, 1.165) is 91.3 Å². The van der Waals surface area contributed by atoms with Gasteiger partial charge in [0.05, 0.1) is 13.7 Å². The van der Waals surface area contributed by atoms with Gasteiger partial charge in [-0.2, -0.15) is 0 Å². The monoisotopic (exact) mass is 670 g/mol. The van der Waals surface area contributed by atoms with E-state index in [4.69, 9.17) is 14.2 Å². The topological polar surface area (TPSA) is 60.0 Å². The Kier molecular flexibility index (Phi) is 12.4. The van der Waals surface area contributed by atoms with Gasteiger partial charge < -0.3 is 19.5 Å². The molecule has 6 heteroatoms. The van der Waals surface area contributed by atoms with Gasteiger partial charge in [-0.15, -0.1) is 0 Å². The second kappa shape index (κ2) is 17.7. The van der Waals surface area contributed by atoms with E-state index in [2.05, 4.69) is 53.5 Å². The number of para-hydroxylation sites is 1. The number of carbonyl (C=O) groups is 1. The first-order chi connectivity index (χ1) is 24.6. The minimum atomic E-state index is -0.0366. The molecule has 1 heterocycles. The quantitative estimate of drug-likeness (QED) is 0.106. The van der Waals surface area contributed by atoms with Crippen molar-refractivity contribution in [2.75, 3.05) is 26.8 Å². The van der Waals surface area contributed by atoms with Crippen molar-refractivity contribution < 1.29 is 19.0 Å². The Morgan fingerprint density at radius 2 is 1.48 bits per heavy atom. The Hall–Kier alpha value is -4.81. The first kappa shape index (κ1) is 35.0. The molecule has 1 saturated heterocycles. The van der Waals surface area contributed by atoms with Crippen molar-refractivity contribution in [3.05, 3.63) is 132 Å². The zero-order chi connectivity index (χ0) is 34.5. The highest BCUT2D eigenvalue weighted by molar-refractivity contribution is 5.99. The van der Waals surface area contributed by atoms with Crippen molar-refractivity contribution in [2.24, 2.45) is 5.92 Å². The first-order valence-electron chi connectivity index (χ1n) is 18.2. The fraction of sp³-hybridized carbons (Fsp3) is 0.341. The molecule has 0 aliphatic carbocycles. The number of ether oxygens (including phenoxy) is 3. The van der Waals surface area contributed by atoms with Gasteiger partial charge in [0.2, 0.25) is 0 Å². The molecule has 50 heavy (non-hydrogen) atoms. The molecule has 260 valence electrons. The van der Waals surface area contributed by atoms with Crippen molar-refractivity contribution in [1.82, 2.24) is 10.2 Å². The maximum Gasteiger partial charge on any atom is 0.251 e. The molecule has 0 bridgehead atoms. The van der Waals surface area contributed by atoms with Crippen LogP contribution in [0.1, 0.15) is 66.9 Å². The van der Waals surface area contributed by atoms with Crippen LogP contribution in [0.5, 0.6) is 23.0 Å². The Bertz CT molecular complexity index is 1800. The summed E-state index contributed by atoms with van der Waals surface area (Å²) in [6.07, 6.45) is 7.48. The number of methoxy groups -OCH3 is 1. The summed E-state index contributed by atoms with van der Waals surface area (Å²) in [6, 6.07) is 38.5. The van der Waals surface area contributed by atoms with Crippen LogP contribution in [0.15, 0.2) is 115 Å².